The summed E-state index contributed by atoms with van der Waals surface area (Å²) in [6.45, 7) is 0.152. The summed E-state index contributed by atoms with van der Waals surface area (Å²) in [5.74, 6) is -0.847. The number of hydrogen-bond donors (Lipinski definition) is 1. The van der Waals surface area contributed by atoms with Crippen LogP contribution >= 0.6 is 0 Å². The molecule has 1 aliphatic heterocycles. The number of hydrogen-bond acceptors (Lipinski definition) is 4. The van der Waals surface area contributed by atoms with Crippen LogP contribution in [0.1, 0.15) is 38.5 Å². The van der Waals surface area contributed by atoms with E-state index in [1.165, 1.54) is 9.08 Å². The third-order valence-corrected chi connectivity index (χ3v) is 5.69. The van der Waals surface area contributed by atoms with E-state index in [2.05, 4.69) is 5.10 Å². The number of aromatic nitrogens is 3. The van der Waals surface area contributed by atoms with Crippen molar-refractivity contribution in [1.82, 2.24) is 19.1 Å². The Morgan fingerprint density at radius 3 is 2.81 bits per heavy atom. The molecule has 0 aromatic carbocycles. The molecule has 4 rings (SSSR count). The van der Waals surface area contributed by atoms with Crippen LogP contribution in [-0.4, -0.2) is 48.1 Å². The van der Waals surface area contributed by atoms with Crippen LogP contribution in [0.4, 0.5) is 0 Å². The summed E-state index contributed by atoms with van der Waals surface area (Å²) in [5, 5.41) is 13.8. The van der Waals surface area contributed by atoms with Crippen LogP contribution in [-0.2, 0) is 16.1 Å². The first-order valence-electron chi connectivity index (χ1n) is 9.14. The van der Waals surface area contributed by atoms with Crippen molar-refractivity contribution in [3.05, 3.63) is 34.9 Å². The fourth-order valence-corrected chi connectivity index (χ4v) is 4.48. The molecule has 8 nitrogen and oxygen atoms in total. The molecule has 0 radical (unpaired) electrons. The molecule has 2 fully saturated rings. The number of carbonyl (C=O) groups excluding carboxylic acids is 1. The lowest BCUT2D eigenvalue weighted by Gasteiger charge is -2.33. The molecule has 138 valence electrons. The molecule has 3 atom stereocenters. The Morgan fingerprint density at radius 2 is 2.04 bits per heavy atom. The fraction of sp³-hybridized carbons (Fsp3) is 0.556. The number of pyridine rings is 1. The largest absolute Gasteiger partial charge is 0.480 e. The van der Waals surface area contributed by atoms with E-state index < -0.39 is 12.0 Å². The van der Waals surface area contributed by atoms with Gasteiger partial charge in [0, 0.05) is 18.7 Å². The highest BCUT2D eigenvalue weighted by atomic mass is 16.4. The minimum Gasteiger partial charge on any atom is -0.480 e. The van der Waals surface area contributed by atoms with Gasteiger partial charge in [-0.15, -0.1) is 5.10 Å². The van der Waals surface area contributed by atoms with Gasteiger partial charge in [0.15, 0.2) is 5.65 Å². The molecule has 0 unspecified atom stereocenters. The zero-order chi connectivity index (χ0) is 18.3. The molecule has 2 aliphatic rings. The molecule has 1 saturated carbocycles. The lowest BCUT2D eigenvalue weighted by Crippen LogP contribution is -2.46. The normalized spacial score (nSPS) is 25.4. The Labute approximate surface area is 150 Å². The molecule has 1 amide bonds. The third-order valence-electron chi connectivity index (χ3n) is 5.69. The van der Waals surface area contributed by atoms with Gasteiger partial charge in [0.2, 0.25) is 5.91 Å². The smallest absolute Gasteiger partial charge is 0.350 e. The number of fused-ring (bicyclic) bond motifs is 2. The summed E-state index contributed by atoms with van der Waals surface area (Å²) in [4.78, 5) is 38.4. The van der Waals surface area contributed by atoms with Crippen molar-refractivity contribution in [3.8, 4) is 0 Å². The lowest BCUT2D eigenvalue weighted by atomic mass is 9.84. The summed E-state index contributed by atoms with van der Waals surface area (Å²) in [7, 11) is 0. The van der Waals surface area contributed by atoms with Crippen LogP contribution in [0.2, 0.25) is 0 Å². The van der Waals surface area contributed by atoms with E-state index in [4.69, 9.17) is 0 Å². The van der Waals surface area contributed by atoms with Crippen LogP contribution in [0.25, 0.3) is 5.65 Å². The minimum atomic E-state index is -0.933. The van der Waals surface area contributed by atoms with Crippen molar-refractivity contribution in [2.45, 2.75) is 57.2 Å². The van der Waals surface area contributed by atoms with E-state index in [0.717, 1.165) is 25.7 Å². The van der Waals surface area contributed by atoms with Gasteiger partial charge >= 0.3 is 11.7 Å². The molecule has 3 heterocycles. The minimum absolute atomic E-state index is 0.0233. The number of carboxylic acid groups (broad SMARTS) is 1. The molecule has 0 bridgehead atoms. The number of nitrogens with zero attached hydrogens (tertiary/aromatic N) is 4. The molecule has 2 aromatic rings. The summed E-state index contributed by atoms with van der Waals surface area (Å²) in [6, 6.07) is 4.55. The quantitative estimate of drug-likeness (QED) is 0.884. The molecule has 2 aromatic heterocycles. The SMILES string of the molecule is O=C(O)[C@@H]1C[C@@H]2CCCC[C@H]2N1C(=O)CCn1nc2ccccn2c1=O. The van der Waals surface area contributed by atoms with E-state index in [1.54, 1.807) is 29.3 Å². The Bertz CT molecular complexity index is 902. The first-order valence-corrected chi connectivity index (χ1v) is 9.14. The van der Waals surface area contributed by atoms with Crippen molar-refractivity contribution >= 4 is 17.5 Å². The highest BCUT2D eigenvalue weighted by molar-refractivity contribution is 5.84. The predicted molar refractivity (Wildman–Crippen MR) is 92.7 cm³/mol. The second-order valence-electron chi connectivity index (χ2n) is 7.19. The van der Waals surface area contributed by atoms with Crippen molar-refractivity contribution in [2.24, 2.45) is 5.92 Å². The predicted octanol–water partition coefficient (Wildman–Crippen LogP) is 1.13. The number of carboxylic acids is 1. The Hall–Kier alpha value is -2.64. The van der Waals surface area contributed by atoms with Crippen LogP contribution in [0.15, 0.2) is 29.2 Å². The fourth-order valence-electron chi connectivity index (χ4n) is 4.48. The van der Waals surface area contributed by atoms with E-state index in [-0.39, 0.29) is 36.5 Å². The van der Waals surface area contributed by atoms with Gasteiger partial charge in [-0.1, -0.05) is 18.9 Å². The van der Waals surface area contributed by atoms with Crippen LogP contribution in [0.3, 0.4) is 0 Å². The number of rotatable bonds is 4. The van der Waals surface area contributed by atoms with Gasteiger partial charge in [0.05, 0.1) is 6.54 Å². The highest BCUT2D eigenvalue weighted by Crippen LogP contribution is 2.40. The summed E-state index contributed by atoms with van der Waals surface area (Å²) >= 11 is 0. The molecule has 26 heavy (non-hydrogen) atoms. The number of amides is 1. The van der Waals surface area contributed by atoms with Gasteiger partial charge in [0.25, 0.3) is 0 Å². The van der Waals surface area contributed by atoms with Crippen LogP contribution in [0.5, 0.6) is 0 Å². The van der Waals surface area contributed by atoms with Gasteiger partial charge in [-0.3, -0.25) is 9.20 Å². The highest BCUT2D eigenvalue weighted by Gasteiger charge is 2.47. The third kappa shape index (κ3) is 2.79. The van der Waals surface area contributed by atoms with Gasteiger partial charge < -0.3 is 10.0 Å². The molecule has 1 N–H and O–H groups in total. The van der Waals surface area contributed by atoms with Crippen molar-refractivity contribution < 1.29 is 14.7 Å². The van der Waals surface area contributed by atoms with Gasteiger partial charge in [-0.25, -0.2) is 14.3 Å². The summed E-state index contributed by atoms with van der Waals surface area (Å²) in [5.41, 5.74) is 0.238. The van der Waals surface area contributed by atoms with Crippen molar-refractivity contribution in [1.29, 1.82) is 0 Å². The monoisotopic (exact) mass is 358 g/mol. The summed E-state index contributed by atoms with van der Waals surface area (Å²) in [6.07, 6.45) is 6.25. The maximum atomic E-state index is 12.8. The number of carbonyl (C=O) groups is 2. The number of aliphatic carboxylic acids is 1. The maximum absolute atomic E-state index is 12.8. The van der Waals surface area contributed by atoms with Crippen LogP contribution < -0.4 is 5.69 Å². The molecule has 1 saturated heterocycles. The lowest BCUT2D eigenvalue weighted by molar-refractivity contribution is -0.150. The van der Waals surface area contributed by atoms with Crippen LogP contribution in [0, 0.1) is 5.92 Å². The van der Waals surface area contributed by atoms with Gasteiger partial charge in [-0.05, 0) is 37.3 Å². The van der Waals surface area contributed by atoms with E-state index in [0.29, 0.717) is 12.1 Å². The molecule has 8 heteroatoms. The summed E-state index contributed by atoms with van der Waals surface area (Å²) < 4.78 is 2.70. The Kier molecular flexibility index (Phi) is 4.26. The maximum Gasteiger partial charge on any atom is 0.350 e. The molecular weight excluding hydrogens is 336 g/mol. The van der Waals surface area contributed by atoms with E-state index in [9.17, 15) is 19.5 Å². The topological polar surface area (TPSA) is 96.9 Å². The van der Waals surface area contributed by atoms with Crippen molar-refractivity contribution in [3.63, 3.8) is 0 Å². The van der Waals surface area contributed by atoms with Crippen molar-refractivity contribution in [2.75, 3.05) is 0 Å². The number of likely N-dealkylation sites (tertiary alicyclic amines) is 1. The zero-order valence-electron chi connectivity index (χ0n) is 14.5. The average Bonchev–Trinajstić information content (AvgIpc) is 3.18. The molecular formula is C18H22N4O4. The second-order valence-corrected chi connectivity index (χ2v) is 7.19. The van der Waals surface area contributed by atoms with Gasteiger partial charge in [-0.2, -0.15) is 0 Å². The number of aryl methyl sites for hydroxylation is 1. The zero-order valence-corrected chi connectivity index (χ0v) is 14.5. The first-order chi connectivity index (χ1) is 12.6. The standard InChI is InChI=1S/C18H22N4O4/c23-16(8-10-21-18(26)20-9-4-3-7-15(20)19-21)22-13-6-2-1-5-12(13)11-14(22)17(24)25/h3-4,7,9,12-14H,1-2,5-6,8,10-11H2,(H,24,25)/t12-,13+,14-/m0/s1. The Morgan fingerprint density at radius 1 is 1.23 bits per heavy atom. The second kappa shape index (κ2) is 6.59. The van der Waals surface area contributed by atoms with Gasteiger partial charge in [0.1, 0.15) is 6.04 Å². The van der Waals surface area contributed by atoms with E-state index >= 15 is 0 Å². The first kappa shape index (κ1) is 16.8. The Balaban J connectivity index is 1.51. The molecule has 1 aliphatic carbocycles. The molecule has 0 spiro atoms. The average molecular weight is 358 g/mol. The van der Waals surface area contributed by atoms with E-state index in [1.807, 2.05) is 0 Å².